The van der Waals surface area contributed by atoms with Crippen LogP contribution >= 0.6 is 11.8 Å². The van der Waals surface area contributed by atoms with Crippen molar-refractivity contribution in [3.05, 3.63) is 29.8 Å². The van der Waals surface area contributed by atoms with E-state index < -0.39 is 18.1 Å². The van der Waals surface area contributed by atoms with E-state index in [1.54, 1.807) is 18.7 Å². The number of amides is 1. The molecule has 0 fully saturated rings. The summed E-state index contributed by atoms with van der Waals surface area (Å²) in [6, 6.07) is 7.49. The maximum atomic E-state index is 10.8. The Morgan fingerprint density at radius 3 is 2.41 bits per heavy atom. The van der Waals surface area contributed by atoms with Gasteiger partial charge >= 0.3 is 6.09 Å². The fourth-order valence-electron chi connectivity index (χ4n) is 1.47. The van der Waals surface area contributed by atoms with Crippen molar-refractivity contribution in [3.8, 4) is 0 Å². The van der Waals surface area contributed by atoms with Crippen LogP contribution in [0.1, 0.15) is 18.6 Å². The third kappa shape index (κ3) is 3.78. The largest absolute Gasteiger partial charge is 0.441 e. The molecule has 0 spiro atoms. The first-order valence-electron chi connectivity index (χ1n) is 5.13. The van der Waals surface area contributed by atoms with Crippen LogP contribution in [0.5, 0.6) is 0 Å². The molecule has 1 aromatic carbocycles. The van der Waals surface area contributed by atoms with Gasteiger partial charge in [-0.2, -0.15) is 0 Å². The molecule has 17 heavy (non-hydrogen) atoms. The molecule has 1 aromatic rings. The standard InChI is InChI=1S/C12H15NO3S/c1-8(7-14)11(16-12(13)15)9-3-5-10(17-2)6-4-9/h3-8,11H,1-2H3,(H2,13,15)/t8-,11+/m1/s1. The predicted octanol–water partition coefficient (Wildman–Crippen LogP) is 2.38. The van der Waals surface area contributed by atoms with Crippen molar-refractivity contribution in [1.82, 2.24) is 0 Å². The summed E-state index contributed by atoms with van der Waals surface area (Å²) in [4.78, 5) is 22.7. The van der Waals surface area contributed by atoms with Crippen LogP contribution < -0.4 is 5.73 Å². The highest BCUT2D eigenvalue weighted by Gasteiger charge is 2.22. The molecule has 0 aliphatic heterocycles. The van der Waals surface area contributed by atoms with E-state index in [9.17, 15) is 9.59 Å². The number of thioether (sulfide) groups is 1. The van der Waals surface area contributed by atoms with Gasteiger partial charge in [0.1, 0.15) is 12.4 Å². The molecule has 0 heterocycles. The first-order valence-corrected chi connectivity index (χ1v) is 6.36. The number of carbonyl (C=O) groups excluding carboxylic acids is 2. The van der Waals surface area contributed by atoms with Crippen molar-refractivity contribution in [2.24, 2.45) is 11.7 Å². The molecule has 1 rings (SSSR count). The zero-order valence-electron chi connectivity index (χ0n) is 9.75. The second-order valence-corrected chi connectivity index (χ2v) is 4.51. The van der Waals surface area contributed by atoms with Gasteiger partial charge in [-0.15, -0.1) is 11.8 Å². The predicted molar refractivity (Wildman–Crippen MR) is 66.9 cm³/mol. The minimum absolute atomic E-state index is 0.428. The first kappa shape index (κ1) is 13.6. The van der Waals surface area contributed by atoms with Crippen LogP contribution in [-0.4, -0.2) is 18.6 Å². The Morgan fingerprint density at radius 2 is 2.00 bits per heavy atom. The third-order valence-corrected chi connectivity index (χ3v) is 3.12. The number of primary amides is 1. The topological polar surface area (TPSA) is 69.4 Å². The lowest BCUT2D eigenvalue weighted by Gasteiger charge is -2.19. The summed E-state index contributed by atoms with van der Waals surface area (Å²) in [6.07, 6.45) is 1.22. The number of rotatable bonds is 5. The maximum absolute atomic E-state index is 10.8. The summed E-state index contributed by atoms with van der Waals surface area (Å²) >= 11 is 1.62. The van der Waals surface area contributed by atoms with E-state index in [-0.39, 0.29) is 0 Å². The molecule has 0 aromatic heterocycles. The molecule has 4 nitrogen and oxygen atoms in total. The zero-order valence-corrected chi connectivity index (χ0v) is 10.6. The summed E-state index contributed by atoms with van der Waals surface area (Å²) in [5, 5.41) is 0. The average Bonchev–Trinajstić information content (AvgIpc) is 2.35. The quantitative estimate of drug-likeness (QED) is 0.646. The first-order chi connectivity index (χ1) is 8.08. The van der Waals surface area contributed by atoms with E-state index in [1.807, 2.05) is 30.5 Å². The highest BCUT2D eigenvalue weighted by Crippen LogP contribution is 2.26. The fourth-order valence-corrected chi connectivity index (χ4v) is 1.88. The van der Waals surface area contributed by atoms with Crippen LogP contribution in [0.15, 0.2) is 29.2 Å². The molecular formula is C12H15NO3S. The summed E-state index contributed by atoms with van der Waals surface area (Å²) in [5.74, 6) is -0.428. The minimum atomic E-state index is -0.877. The Hall–Kier alpha value is -1.49. The summed E-state index contributed by atoms with van der Waals surface area (Å²) < 4.78 is 4.96. The molecule has 0 saturated carbocycles. The number of nitrogens with two attached hydrogens (primary N) is 1. The van der Waals surface area contributed by atoms with Crippen LogP contribution in [0.3, 0.4) is 0 Å². The normalized spacial score (nSPS) is 13.8. The number of ether oxygens (including phenoxy) is 1. The molecule has 0 bridgehead atoms. The van der Waals surface area contributed by atoms with Gasteiger partial charge in [-0.05, 0) is 24.0 Å². The molecule has 1 amide bonds. The number of carbonyl (C=O) groups is 2. The van der Waals surface area contributed by atoms with Crippen molar-refractivity contribution >= 4 is 24.1 Å². The number of benzene rings is 1. The summed E-state index contributed by atoms with van der Waals surface area (Å²) in [6.45, 7) is 1.68. The van der Waals surface area contributed by atoms with Crippen LogP contribution in [0.4, 0.5) is 4.79 Å². The van der Waals surface area contributed by atoms with Gasteiger partial charge in [-0.1, -0.05) is 19.1 Å². The summed E-state index contributed by atoms with van der Waals surface area (Å²) in [5.41, 5.74) is 5.76. The number of hydrogen-bond donors (Lipinski definition) is 1. The van der Waals surface area contributed by atoms with Crippen LogP contribution in [0, 0.1) is 5.92 Å². The molecule has 5 heteroatoms. The van der Waals surface area contributed by atoms with Crippen molar-refractivity contribution in [3.63, 3.8) is 0 Å². The van der Waals surface area contributed by atoms with E-state index in [0.717, 1.165) is 16.7 Å². The Balaban J connectivity index is 2.94. The van der Waals surface area contributed by atoms with Gasteiger partial charge in [0.15, 0.2) is 0 Å². The molecule has 0 unspecified atom stereocenters. The second kappa shape index (κ2) is 6.30. The zero-order chi connectivity index (χ0) is 12.8. The van der Waals surface area contributed by atoms with E-state index in [0.29, 0.717) is 0 Å². The van der Waals surface area contributed by atoms with Crippen molar-refractivity contribution < 1.29 is 14.3 Å². The Labute approximate surface area is 105 Å². The van der Waals surface area contributed by atoms with E-state index in [4.69, 9.17) is 10.5 Å². The molecule has 92 valence electrons. The highest BCUT2D eigenvalue weighted by molar-refractivity contribution is 7.98. The molecular weight excluding hydrogens is 238 g/mol. The van der Waals surface area contributed by atoms with Gasteiger partial charge in [-0.3, -0.25) is 0 Å². The SMILES string of the molecule is CSc1ccc([C@@H](OC(N)=O)[C@H](C)C=O)cc1. The van der Waals surface area contributed by atoms with E-state index >= 15 is 0 Å². The smallest absolute Gasteiger partial charge is 0.405 e. The average molecular weight is 253 g/mol. The van der Waals surface area contributed by atoms with Gasteiger partial charge in [0, 0.05) is 4.90 Å². The molecule has 2 atom stereocenters. The Kier molecular flexibility index (Phi) is 5.03. The van der Waals surface area contributed by atoms with Gasteiger partial charge in [0.2, 0.25) is 0 Å². The van der Waals surface area contributed by atoms with E-state index in [2.05, 4.69) is 0 Å². The number of aldehydes is 1. The second-order valence-electron chi connectivity index (χ2n) is 3.63. The lowest BCUT2D eigenvalue weighted by Crippen LogP contribution is -2.22. The van der Waals surface area contributed by atoms with Gasteiger partial charge in [0.25, 0.3) is 0 Å². The monoisotopic (exact) mass is 253 g/mol. The van der Waals surface area contributed by atoms with Gasteiger partial charge < -0.3 is 15.3 Å². The fraction of sp³-hybridized carbons (Fsp3) is 0.333. The van der Waals surface area contributed by atoms with Gasteiger partial charge in [0.05, 0.1) is 5.92 Å². The molecule has 0 radical (unpaired) electrons. The van der Waals surface area contributed by atoms with Crippen molar-refractivity contribution in [2.45, 2.75) is 17.9 Å². The molecule has 0 saturated heterocycles. The maximum Gasteiger partial charge on any atom is 0.405 e. The molecule has 0 aliphatic carbocycles. The third-order valence-electron chi connectivity index (χ3n) is 2.38. The lowest BCUT2D eigenvalue weighted by atomic mass is 9.98. The van der Waals surface area contributed by atoms with Crippen molar-refractivity contribution in [1.29, 1.82) is 0 Å². The Morgan fingerprint density at radius 1 is 1.41 bits per heavy atom. The Bertz CT molecular complexity index is 391. The lowest BCUT2D eigenvalue weighted by molar-refractivity contribution is -0.113. The molecule has 2 N–H and O–H groups in total. The highest BCUT2D eigenvalue weighted by atomic mass is 32.2. The van der Waals surface area contributed by atoms with Crippen molar-refractivity contribution in [2.75, 3.05) is 6.26 Å². The molecule has 0 aliphatic rings. The minimum Gasteiger partial charge on any atom is -0.441 e. The summed E-state index contributed by atoms with van der Waals surface area (Å²) in [7, 11) is 0. The number of hydrogen-bond acceptors (Lipinski definition) is 4. The van der Waals surface area contributed by atoms with Crippen LogP contribution in [0.2, 0.25) is 0 Å². The van der Waals surface area contributed by atoms with Crippen LogP contribution in [0.25, 0.3) is 0 Å². The van der Waals surface area contributed by atoms with Gasteiger partial charge in [-0.25, -0.2) is 4.79 Å². The van der Waals surface area contributed by atoms with Crippen LogP contribution in [-0.2, 0) is 9.53 Å². The van der Waals surface area contributed by atoms with E-state index in [1.165, 1.54) is 0 Å².